The molecule has 0 spiro atoms. The maximum Gasteiger partial charge on any atom is 0.320 e. The summed E-state index contributed by atoms with van der Waals surface area (Å²) in [5, 5.41) is 2.14. The molecule has 1 atom stereocenters. The predicted octanol–water partition coefficient (Wildman–Crippen LogP) is 2.88. The Labute approximate surface area is 106 Å². The quantitative estimate of drug-likeness (QED) is 0.694. The van der Waals surface area contributed by atoms with Crippen LogP contribution in [-0.4, -0.2) is 35.5 Å². The number of amides is 2. The molecule has 1 fully saturated rings. The van der Waals surface area contributed by atoms with Crippen molar-refractivity contribution in [3.63, 3.8) is 0 Å². The lowest BCUT2D eigenvalue weighted by Crippen LogP contribution is -2.45. The van der Waals surface area contributed by atoms with Crippen molar-refractivity contribution in [2.45, 2.75) is 32.2 Å². The van der Waals surface area contributed by atoms with Crippen molar-refractivity contribution in [3.8, 4) is 0 Å². The van der Waals surface area contributed by atoms with Gasteiger partial charge in [0.15, 0.2) is 0 Å². The summed E-state index contributed by atoms with van der Waals surface area (Å²) in [6.07, 6.45) is 3.35. The highest BCUT2D eigenvalue weighted by Crippen LogP contribution is 2.33. The molecule has 1 aromatic heterocycles. The van der Waals surface area contributed by atoms with E-state index >= 15 is 0 Å². The monoisotopic (exact) mass is 250 g/mol. The zero-order valence-electron chi connectivity index (χ0n) is 10.2. The highest BCUT2D eigenvalue weighted by molar-refractivity contribution is 7.10. The molecule has 1 saturated heterocycles. The highest BCUT2D eigenvalue weighted by atomic mass is 32.1. The number of thiophene rings is 1. The standard InChI is InChI=1S/C13H18N2OS/c1-10-11-5-9-17-12(11)4-8-15(10)13(16)14-6-2-3-7-14/h5,9-10H,2-4,6-8H2,1H3. The van der Waals surface area contributed by atoms with E-state index in [0.717, 1.165) is 38.9 Å². The first-order chi connectivity index (χ1) is 8.27. The van der Waals surface area contributed by atoms with Crippen LogP contribution < -0.4 is 0 Å². The van der Waals surface area contributed by atoms with Crippen molar-refractivity contribution >= 4 is 17.4 Å². The first-order valence-corrected chi connectivity index (χ1v) is 7.27. The number of rotatable bonds is 0. The second-order valence-electron chi connectivity index (χ2n) is 4.90. The molecule has 17 heavy (non-hydrogen) atoms. The molecule has 3 nitrogen and oxygen atoms in total. The molecule has 4 heteroatoms. The van der Waals surface area contributed by atoms with Crippen LogP contribution in [0.5, 0.6) is 0 Å². The third-order valence-corrected chi connectivity index (χ3v) is 4.90. The van der Waals surface area contributed by atoms with Gasteiger partial charge in [0.2, 0.25) is 0 Å². The number of carbonyl (C=O) groups excluding carboxylic acids is 1. The SMILES string of the molecule is CC1c2ccsc2CCN1C(=O)N1CCCC1. The fourth-order valence-electron chi connectivity index (χ4n) is 2.86. The molecule has 1 aromatic rings. The van der Waals surface area contributed by atoms with Crippen molar-refractivity contribution in [1.29, 1.82) is 0 Å². The van der Waals surface area contributed by atoms with Gasteiger partial charge in [0, 0.05) is 24.5 Å². The van der Waals surface area contributed by atoms with Crippen LogP contribution in [0, 0.1) is 0 Å². The summed E-state index contributed by atoms with van der Waals surface area (Å²) in [7, 11) is 0. The molecule has 0 bridgehead atoms. The lowest BCUT2D eigenvalue weighted by Gasteiger charge is -2.36. The van der Waals surface area contributed by atoms with E-state index in [4.69, 9.17) is 0 Å². The van der Waals surface area contributed by atoms with Crippen molar-refractivity contribution < 1.29 is 4.79 Å². The number of hydrogen-bond donors (Lipinski definition) is 0. The number of urea groups is 1. The second kappa shape index (κ2) is 4.33. The molecule has 0 aromatic carbocycles. The van der Waals surface area contributed by atoms with Gasteiger partial charge in [0.05, 0.1) is 6.04 Å². The van der Waals surface area contributed by atoms with Crippen LogP contribution in [0.2, 0.25) is 0 Å². The van der Waals surface area contributed by atoms with Crippen LogP contribution in [0.1, 0.15) is 36.2 Å². The Morgan fingerprint density at radius 2 is 2.12 bits per heavy atom. The number of hydrogen-bond acceptors (Lipinski definition) is 2. The lowest BCUT2D eigenvalue weighted by atomic mass is 10.0. The first kappa shape index (κ1) is 11.1. The van der Waals surface area contributed by atoms with E-state index in [0.29, 0.717) is 0 Å². The third kappa shape index (κ3) is 1.84. The van der Waals surface area contributed by atoms with Crippen molar-refractivity contribution in [3.05, 3.63) is 21.9 Å². The largest absolute Gasteiger partial charge is 0.325 e. The minimum atomic E-state index is 0.242. The van der Waals surface area contributed by atoms with E-state index < -0.39 is 0 Å². The molecule has 0 aliphatic carbocycles. The maximum absolute atomic E-state index is 12.4. The number of nitrogens with zero attached hydrogens (tertiary/aromatic N) is 2. The summed E-state index contributed by atoms with van der Waals surface area (Å²) in [5.41, 5.74) is 1.36. The molecule has 2 amide bonds. The van der Waals surface area contributed by atoms with Crippen LogP contribution >= 0.6 is 11.3 Å². The van der Waals surface area contributed by atoms with Gasteiger partial charge in [-0.05, 0) is 43.2 Å². The van der Waals surface area contributed by atoms with Crippen LogP contribution in [-0.2, 0) is 6.42 Å². The number of fused-ring (bicyclic) bond motifs is 1. The van der Waals surface area contributed by atoms with Gasteiger partial charge in [-0.2, -0.15) is 0 Å². The van der Waals surface area contributed by atoms with Gasteiger partial charge in [-0.1, -0.05) is 0 Å². The van der Waals surface area contributed by atoms with E-state index in [1.54, 1.807) is 0 Å². The average Bonchev–Trinajstić information content (AvgIpc) is 3.00. The molecule has 2 aliphatic rings. The molecular formula is C13H18N2OS. The normalized spacial score (nSPS) is 23.9. The Hall–Kier alpha value is -1.03. The lowest BCUT2D eigenvalue weighted by molar-refractivity contribution is 0.142. The van der Waals surface area contributed by atoms with E-state index in [9.17, 15) is 4.79 Å². The number of carbonyl (C=O) groups is 1. The maximum atomic E-state index is 12.4. The van der Waals surface area contributed by atoms with Crippen LogP contribution in [0.15, 0.2) is 11.4 Å². The van der Waals surface area contributed by atoms with E-state index in [1.165, 1.54) is 10.4 Å². The second-order valence-corrected chi connectivity index (χ2v) is 5.90. The highest BCUT2D eigenvalue weighted by Gasteiger charge is 2.31. The smallest absolute Gasteiger partial charge is 0.320 e. The Morgan fingerprint density at radius 1 is 1.35 bits per heavy atom. The molecule has 0 N–H and O–H groups in total. The fraction of sp³-hybridized carbons (Fsp3) is 0.615. The Bertz CT molecular complexity index is 423. The Balaban J connectivity index is 1.79. The Morgan fingerprint density at radius 3 is 2.88 bits per heavy atom. The van der Waals surface area contributed by atoms with Gasteiger partial charge in [0.25, 0.3) is 0 Å². The fourth-order valence-corrected chi connectivity index (χ4v) is 3.82. The molecule has 2 aliphatic heterocycles. The number of likely N-dealkylation sites (tertiary alicyclic amines) is 1. The van der Waals surface area contributed by atoms with Gasteiger partial charge in [-0.25, -0.2) is 4.79 Å². The molecule has 1 unspecified atom stereocenters. The zero-order valence-corrected chi connectivity index (χ0v) is 11.0. The average molecular weight is 250 g/mol. The summed E-state index contributed by atoms with van der Waals surface area (Å²) in [4.78, 5) is 17.9. The summed E-state index contributed by atoms with van der Waals surface area (Å²) in [5.74, 6) is 0. The van der Waals surface area contributed by atoms with Gasteiger partial charge in [-0.15, -0.1) is 11.3 Å². The van der Waals surface area contributed by atoms with Crippen LogP contribution in [0.3, 0.4) is 0 Å². The van der Waals surface area contributed by atoms with E-state index in [-0.39, 0.29) is 12.1 Å². The third-order valence-electron chi connectivity index (χ3n) is 3.90. The van der Waals surface area contributed by atoms with Crippen molar-refractivity contribution in [2.75, 3.05) is 19.6 Å². The minimum Gasteiger partial charge on any atom is -0.325 e. The summed E-state index contributed by atoms with van der Waals surface area (Å²) < 4.78 is 0. The molecule has 92 valence electrons. The van der Waals surface area contributed by atoms with E-state index in [2.05, 4.69) is 18.4 Å². The molecule has 0 saturated carbocycles. The summed E-state index contributed by atoms with van der Waals surface area (Å²) in [6, 6.07) is 2.67. The van der Waals surface area contributed by atoms with E-state index in [1.807, 2.05) is 21.1 Å². The van der Waals surface area contributed by atoms with Crippen molar-refractivity contribution in [1.82, 2.24) is 9.80 Å². The first-order valence-electron chi connectivity index (χ1n) is 6.39. The Kier molecular flexibility index (Phi) is 2.82. The van der Waals surface area contributed by atoms with Crippen LogP contribution in [0.4, 0.5) is 4.79 Å². The minimum absolute atomic E-state index is 0.242. The zero-order chi connectivity index (χ0) is 11.8. The molecule has 3 rings (SSSR count). The summed E-state index contributed by atoms with van der Waals surface area (Å²) >= 11 is 1.82. The molecule has 3 heterocycles. The van der Waals surface area contributed by atoms with Gasteiger partial charge < -0.3 is 9.80 Å². The van der Waals surface area contributed by atoms with Crippen molar-refractivity contribution in [2.24, 2.45) is 0 Å². The topological polar surface area (TPSA) is 23.6 Å². The van der Waals surface area contributed by atoms with Gasteiger partial charge in [0.1, 0.15) is 0 Å². The van der Waals surface area contributed by atoms with Crippen LogP contribution in [0.25, 0.3) is 0 Å². The molecule has 0 radical (unpaired) electrons. The molecular weight excluding hydrogens is 232 g/mol. The van der Waals surface area contributed by atoms with Gasteiger partial charge in [-0.3, -0.25) is 0 Å². The van der Waals surface area contributed by atoms with Gasteiger partial charge >= 0.3 is 6.03 Å². The summed E-state index contributed by atoms with van der Waals surface area (Å²) in [6.45, 7) is 4.92. The predicted molar refractivity (Wildman–Crippen MR) is 69.3 cm³/mol.